The minimum absolute atomic E-state index is 0.0409. The van der Waals surface area contributed by atoms with E-state index in [0.29, 0.717) is 44.0 Å². The maximum atomic E-state index is 13.4. The Labute approximate surface area is 182 Å². The number of para-hydroxylation sites is 2. The number of carbonyl (C=O) groups is 1. The zero-order valence-corrected chi connectivity index (χ0v) is 18.4. The minimum Gasteiger partial charge on any atom is -0.497 e. The third-order valence-electron chi connectivity index (χ3n) is 5.72. The van der Waals surface area contributed by atoms with Gasteiger partial charge in [-0.05, 0) is 37.1 Å². The molecule has 0 bridgehead atoms. The molecule has 31 heavy (non-hydrogen) atoms. The number of hydrogen-bond donors (Lipinski definition) is 0. The minimum atomic E-state index is -3.86. The molecular weight excluding hydrogens is 420 g/mol. The number of nitrogens with zero attached hydrogens (tertiary/aromatic N) is 2. The van der Waals surface area contributed by atoms with Crippen molar-refractivity contribution < 1.29 is 27.4 Å². The molecule has 0 N–H and O–H groups in total. The van der Waals surface area contributed by atoms with Crippen LogP contribution in [-0.4, -0.2) is 59.1 Å². The molecule has 9 heteroatoms. The van der Waals surface area contributed by atoms with Crippen LogP contribution >= 0.6 is 0 Å². The van der Waals surface area contributed by atoms with Crippen LogP contribution in [0.2, 0.25) is 0 Å². The van der Waals surface area contributed by atoms with Crippen molar-refractivity contribution in [2.75, 3.05) is 45.4 Å². The Bertz CT molecular complexity index is 1070. The summed E-state index contributed by atoms with van der Waals surface area (Å²) in [5.74, 6) is 0.841. The Hall–Kier alpha value is -2.78. The van der Waals surface area contributed by atoms with Crippen molar-refractivity contribution in [1.29, 1.82) is 0 Å². The monoisotopic (exact) mass is 446 g/mol. The van der Waals surface area contributed by atoms with Crippen LogP contribution in [0.3, 0.4) is 0 Å². The van der Waals surface area contributed by atoms with Crippen LogP contribution in [0.5, 0.6) is 17.2 Å². The fraction of sp³-hybridized carbons (Fsp3) is 0.409. The first-order valence-corrected chi connectivity index (χ1v) is 11.6. The first kappa shape index (κ1) is 21.5. The van der Waals surface area contributed by atoms with E-state index in [1.807, 2.05) is 24.3 Å². The van der Waals surface area contributed by atoms with Gasteiger partial charge in [-0.25, -0.2) is 8.42 Å². The van der Waals surface area contributed by atoms with Gasteiger partial charge in [0.2, 0.25) is 15.9 Å². The molecular formula is C22H26N2O6S. The highest BCUT2D eigenvalue weighted by Gasteiger charge is 2.37. The summed E-state index contributed by atoms with van der Waals surface area (Å²) in [7, 11) is -0.952. The van der Waals surface area contributed by atoms with E-state index in [2.05, 4.69) is 0 Å². The Morgan fingerprint density at radius 1 is 1.10 bits per heavy atom. The van der Waals surface area contributed by atoms with Crippen molar-refractivity contribution in [1.82, 2.24) is 4.31 Å². The van der Waals surface area contributed by atoms with Crippen molar-refractivity contribution in [2.45, 2.75) is 17.7 Å². The predicted octanol–water partition coefficient (Wildman–Crippen LogP) is 2.53. The molecule has 0 aromatic heterocycles. The number of rotatable bonds is 5. The maximum Gasteiger partial charge on any atom is 0.246 e. The number of amides is 1. The van der Waals surface area contributed by atoms with Gasteiger partial charge in [-0.15, -0.1) is 0 Å². The second-order valence-electron chi connectivity index (χ2n) is 7.53. The molecule has 0 spiro atoms. The number of methoxy groups -OCH3 is 2. The highest BCUT2D eigenvalue weighted by molar-refractivity contribution is 7.89. The van der Waals surface area contributed by atoms with Crippen molar-refractivity contribution in [2.24, 2.45) is 5.92 Å². The Morgan fingerprint density at radius 2 is 1.90 bits per heavy atom. The molecule has 166 valence electrons. The van der Waals surface area contributed by atoms with Crippen molar-refractivity contribution in [3.8, 4) is 17.2 Å². The Balaban J connectivity index is 1.59. The van der Waals surface area contributed by atoms with Crippen LogP contribution in [0.25, 0.3) is 0 Å². The van der Waals surface area contributed by atoms with E-state index in [-0.39, 0.29) is 23.1 Å². The zero-order valence-electron chi connectivity index (χ0n) is 17.6. The molecule has 2 aromatic rings. The lowest BCUT2D eigenvalue weighted by atomic mass is 9.97. The summed E-state index contributed by atoms with van der Waals surface area (Å²) in [5, 5.41) is 0. The lowest BCUT2D eigenvalue weighted by molar-refractivity contribution is -0.123. The normalized spacial score (nSPS) is 19.3. The number of benzene rings is 2. The van der Waals surface area contributed by atoms with E-state index in [9.17, 15) is 13.2 Å². The maximum absolute atomic E-state index is 13.4. The first-order valence-electron chi connectivity index (χ1n) is 10.2. The van der Waals surface area contributed by atoms with Crippen LogP contribution in [0.15, 0.2) is 47.4 Å². The molecule has 2 heterocycles. The van der Waals surface area contributed by atoms with Gasteiger partial charge in [-0.1, -0.05) is 12.1 Å². The molecule has 1 amide bonds. The van der Waals surface area contributed by atoms with Gasteiger partial charge in [-0.3, -0.25) is 4.79 Å². The SMILES string of the molecule is COc1ccc(OC)c(S(=O)(=O)N2CCC[C@H](C(=O)N3CCOc4ccccc43)C2)c1. The predicted molar refractivity (Wildman–Crippen MR) is 115 cm³/mol. The fourth-order valence-electron chi connectivity index (χ4n) is 4.11. The molecule has 1 saturated heterocycles. The van der Waals surface area contributed by atoms with E-state index in [1.165, 1.54) is 24.6 Å². The topological polar surface area (TPSA) is 85.4 Å². The van der Waals surface area contributed by atoms with E-state index in [4.69, 9.17) is 14.2 Å². The van der Waals surface area contributed by atoms with Gasteiger partial charge in [0.25, 0.3) is 0 Å². The van der Waals surface area contributed by atoms with Crippen LogP contribution in [0, 0.1) is 5.92 Å². The van der Waals surface area contributed by atoms with E-state index < -0.39 is 15.9 Å². The quantitative estimate of drug-likeness (QED) is 0.702. The number of carbonyl (C=O) groups excluding carboxylic acids is 1. The third kappa shape index (κ3) is 4.07. The molecule has 2 aliphatic heterocycles. The molecule has 1 atom stereocenters. The molecule has 4 rings (SSSR count). The molecule has 1 fully saturated rings. The molecule has 0 unspecified atom stereocenters. The molecule has 2 aliphatic rings. The van der Waals surface area contributed by atoms with Crippen LogP contribution < -0.4 is 19.1 Å². The van der Waals surface area contributed by atoms with Gasteiger partial charge in [0, 0.05) is 19.2 Å². The summed E-state index contributed by atoms with van der Waals surface area (Å²) < 4.78 is 44.3. The standard InChI is InChI=1S/C22H26N2O6S/c1-28-17-9-10-20(29-2)21(14-17)31(26,27)23-11-5-6-16(15-23)22(25)24-12-13-30-19-8-4-3-7-18(19)24/h3-4,7-10,14,16H,5-6,11-13,15H2,1-2H3/t16-/m0/s1. The van der Waals surface area contributed by atoms with Crippen molar-refractivity contribution in [3.63, 3.8) is 0 Å². The van der Waals surface area contributed by atoms with Gasteiger partial charge in [0.05, 0.1) is 32.4 Å². The van der Waals surface area contributed by atoms with Gasteiger partial charge in [0.15, 0.2) is 0 Å². The molecule has 0 aliphatic carbocycles. The van der Waals surface area contributed by atoms with Crippen molar-refractivity contribution >= 4 is 21.6 Å². The Morgan fingerprint density at radius 3 is 2.68 bits per heavy atom. The average Bonchev–Trinajstić information content (AvgIpc) is 2.82. The Kier molecular flexibility index (Phi) is 6.06. The van der Waals surface area contributed by atoms with E-state index in [1.54, 1.807) is 17.0 Å². The van der Waals surface area contributed by atoms with Gasteiger partial charge in [-0.2, -0.15) is 4.31 Å². The fourth-order valence-corrected chi connectivity index (χ4v) is 5.80. The number of fused-ring (bicyclic) bond motifs is 1. The van der Waals surface area contributed by atoms with Crippen LogP contribution in [0.4, 0.5) is 5.69 Å². The van der Waals surface area contributed by atoms with Crippen LogP contribution in [-0.2, 0) is 14.8 Å². The summed E-state index contributed by atoms with van der Waals surface area (Å²) in [6, 6.07) is 12.1. The second-order valence-corrected chi connectivity index (χ2v) is 9.43. The third-order valence-corrected chi connectivity index (χ3v) is 7.60. The highest BCUT2D eigenvalue weighted by atomic mass is 32.2. The number of anilines is 1. The summed E-state index contributed by atoms with van der Waals surface area (Å²) in [6.45, 7) is 1.34. The number of hydrogen-bond acceptors (Lipinski definition) is 6. The largest absolute Gasteiger partial charge is 0.497 e. The lowest BCUT2D eigenvalue weighted by Gasteiger charge is -2.36. The number of ether oxygens (including phenoxy) is 3. The first-order chi connectivity index (χ1) is 15.0. The molecule has 2 aromatic carbocycles. The summed E-state index contributed by atoms with van der Waals surface area (Å²) in [4.78, 5) is 15.1. The van der Waals surface area contributed by atoms with Gasteiger partial charge in [0.1, 0.15) is 28.8 Å². The van der Waals surface area contributed by atoms with E-state index in [0.717, 1.165) is 5.69 Å². The lowest BCUT2D eigenvalue weighted by Crippen LogP contribution is -2.48. The average molecular weight is 447 g/mol. The molecule has 0 radical (unpaired) electrons. The molecule has 0 saturated carbocycles. The highest BCUT2D eigenvalue weighted by Crippen LogP contribution is 2.35. The smallest absolute Gasteiger partial charge is 0.246 e. The van der Waals surface area contributed by atoms with Gasteiger partial charge >= 0.3 is 0 Å². The van der Waals surface area contributed by atoms with Gasteiger partial charge < -0.3 is 19.1 Å². The van der Waals surface area contributed by atoms with Crippen molar-refractivity contribution in [3.05, 3.63) is 42.5 Å². The zero-order chi connectivity index (χ0) is 22.0. The van der Waals surface area contributed by atoms with E-state index >= 15 is 0 Å². The summed E-state index contributed by atoms with van der Waals surface area (Å²) in [5.41, 5.74) is 0.730. The van der Waals surface area contributed by atoms with Crippen LogP contribution in [0.1, 0.15) is 12.8 Å². The number of piperidine rings is 1. The number of sulfonamides is 1. The summed E-state index contributed by atoms with van der Waals surface area (Å²) >= 11 is 0. The second kappa shape index (κ2) is 8.76. The summed E-state index contributed by atoms with van der Waals surface area (Å²) in [6.07, 6.45) is 1.24. The molecule has 8 nitrogen and oxygen atoms in total.